The number of hydrogen-bond acceptors (Lipinski definition) is 3. The van der Waals surface area contributed by atoms with Gasteiger partial charge in [-0.25, -0.2) is 0 Å². The van der Waals surface area contributed by atoms with Gasteiger partial charge in [-0.2, -0.15) is 0 Å². The van der Waals surface area contributed by atoms with Gasteiger partial charge in [-0.05, 0) is 38.8 Å². The highest BCUT2D eigenvalue weighted by atomic mass is 15.3. The van der Waals surface area contributed by atoms with Crippen LogP contribution < -0.4 is 5.73 Å². The molecule has 0 spiro atoms. The zero-order chi connectivity index (χ0) is 12.6. The molecule has 2 fully saturated rings. The van der Waals surface area contributed by atoms with Gasteiger partial charge < -0.3 is 10.6 Å². The minimum Gasteiger partial charge on any atom is -0.329 e. The fourth-order valence-corrected chi connectivity index (χ4v) is 4.12. The maximum atomic E-state index is 6.15. The van der Waals surface area contributed by atoms with E-state index in [1.807, 2.05) is 0 Å². The molecule has 1 saturated carbocycles. The van der Waals surface area contributed by atoms with Crippen LogP contribution in [0.15, 0.2) is 0 Å². The quantitative estimate of drug-likeness (QED) is 0.808. The molecule has 2 rings (SSSR count). The van der Waals surface area contributed by atoms with E-state index < -0.39 is 0 Å². The first-order chi connectivity index (χ1) is 8.01. The minimum absolute atomic E-state index is 0.305. The Labute approximate surface area is 106 Å². The Hall–Kier alpha value is -0.120. The standard InChI is InChI=1S/C14H29N3/c1-11-8-17(9-13(11)16(3)4)14(10-15)7-5-6-12(14)2/h11-13H,5-10,15H2,1-4H3. The first-order valence-electron chi connectivity index (χ1n) is 7.13. The molecule has 0 bridgehead atoms. The molecular formula is C14H29N3. The first kappa shape index (κ1) is 13.3. The predicted octanol–water partition coefficient (Wildman–Crippen LogP) is 1.39. The third-order valence-corrected chi connectivity index (χ3v) is 5.38. The van der Waals surface area contributed by atoms with Crippen molar-refractivity contribution >= 4 is 0 Å². The lowest BCUT2D eigenvalue weighted by Gasteiger charge is -2.42. The van der Waals surface area contributed by atoms with E-state index in [-0.39, 0.29) is 0 Å². The Morgan fingerprint density at radius 1 is 1.29 bits per heavy atom. The van der Waals surface area contributed by atoms with Gasteiger partial charge in [0.25, 0.3) is 0 Å². The second kappa shape index (κ2) is 4.87. The molecule has 1 aliphatic carbocycles. The summed E-state index contributed by atoms with van der Waals surface area (Å²) in [6, 6.07) is 0.700. The highest BCUT2D eigenvalue weighted by molar-refractivity contribution is 5.04. The number of nitrogens with two attached hydrogens (primary N) is 1. The summed E-state index contributed by atoms with van der Waals surface area (Å²) in [6.07, 6.45) is 4.02. The van der Waals surface area contributed by atoms with Crippen LogP contribution in [0.5, 0.6) is 0 Å². The molecule has 2 N–H and O–H groups in total. The van der Waals surface area contributed by atoms with Crippen LogP contribution in [0.3, 0.4) is 0 Å². The van der Waals surface area contributed by atoms with Crippen molar-refractivity contribution in [1.82, 2.24) is 9.80 Å². The molecule has 100 valence electrons. The third kappa shape index (κ3) is 2.13. The van der Waals surface area contributed by atoms with E-state index >= 15 is 0 Å². The Morgan fingerprint density at radius 2 is 2.00 bits per heavy atom. The van der Waals surface area contributed by atoms with Gasteiger partial charge in [-0.15, -0.1) is 0 Å². The van der Waals surface area contributed by atoms with Gasteiger partial charge in [0.1, 0.15) is 0 Å². The molecule has 0 aromatic carbocycles. The zero-order valence-electron chi connectivity index (χ0n) is 11.9. The van der Waals surface area contributed by atoms with Gasteiger partial charge in [0.15, 0.2) is 0 Å². The number of likely N-dealkylation sites (tertiary alicyclic amines) is 1. The molecule has 0 radical (unpaired) electrons. The van der Waals surface area contributed by atoms with Crippen LogP contribution >= 0.6 is 0 Å². The minimum atomic E-state index is 0.305. The van der Waals surface area contributed by atoms with Crippen LogP contribution in [-0.4, -0.2) is 55.1 Å². The van der Waals surface area contributed by atoms with Crippen molar-refractivity contribution in [2.24, 2.45) is 17.6 Å². The molecule has 0 aromatic heterocycles. The van der Waals surface area contributed by atoms with Crippen LogP contribution in [0.2, 0.25) is 0 Å². The fraction of sp³-hybridized carbons (Fsp3) is 1.00. The van der Waals surface area contributed by atoms with Crippen molar-refractivity contribution in [2.75, 3.05) is 33.7 Å². The number of nitrogens with zero attached hydrogens (tertiary/aromatic N) is 2. The molecule has 1 heterocycles. The molecule has 3 nitrogen and oxygen atoms in total. The Balaban J connectivity index is 2.13. The lowest BCUT2D eigenvalue weighted by atomic mass is 9.86. The molecule has 4 unspecified atom stereocenters. The normalized spacial score (nSPS) is 43.8. The summed E-state index contributed by atoms with van der Waals surface area (Å²) in [5, 5.41) is 0. The van der Waals surface area contributed by atoms with Gasteiger partial charge >= 0.3 is 0 Å². The first-order valence-corrected chi connectivity index (χ1v) is 7.13. The van der Waals surface area contributed by atoms with Gasteiger partial charge in [0, 0.05) is 31.2 Å². The summed E-state index contributed by atoms with van der Waals surface area (Å²) in [5.74, 6) is 1.53. The maximum absolute atomic E-state index is 6.15. The molecule has 4 atom stereocenters. The number of hydrogen-bond donors (Lipinski definition) is 1. The third-order valence-electron chi connectivity index (χ3n) is 5.38. The van der Waals surface area contributed by atoms with Gasteiger partial charge in [0.05, 0.1) is 0 Å². The van der Waals surface area contributed by atoms with Crippen molar-refractivity contribution in [2.45, 2.75) is 44.7 Å². The number of rotatable bonds is 3. The van der Waals surface area contributed by atoms with Crippen molar-refractivity contribution in [1.29, 1.82) is 0 Å². The van der Waals surface area contributed by atoms with Gasteiger partial charge in [-0.3, -0.25) is 4.90 Å². The summed E-state index contributed by atoms with van der Waals surface area (Å²) in [4.78, 5) is 5.09. The Morgan fingerprint density at radius 3 is 2.41 bits per heavy atom. The molecule has 1 aliphatic heterocycles. The summed E-state index contributed by atoms with van der Waals surface area (Å²) >= 11 is 0. The fourth-order valence-electron chi connectivity index (χ4n) is 4.12. The summed E-state index contributed by atoms with van der Waals surface area (Å²) in [5.41, 5.74) is 6.46. The molecule has 2 aliphatic rings. The predicted molar refractivity (Wildman–Crippen MR) is 73.0 cm³/mol. The SMILES string of the molecule is CC1CN(C2(CN)CCCC2C)CC1N(C)C. The highest BCUT2D eigenvalue weighted by Crippen LogP contribution is 2.42. The van der Waals surface area contributed by atoms with E-state index in [4.69, 9.17) is 5.73 Å². The van der Waals surface area contributed by atoms with Crippen LogP contribution in [0.4, 0.5) is 0 Å². The van der Waals surface area contributed by atoms with E-state index in [1.165, 1.54) is 32.4 Å². The maximum Gasteiger partial charge on any atom is 0.0357 e. The summed E-state index contributed by atoms with van der Waals surface area (Å²) in [7, 11) is 4.41. The van der Waals surface area contributed by atoms with Crippen LogP contribution in [-0.2, 0) is 0 Å². The molecule has 1 saturated heterocycles. The average molecular weight is 239 g/mol. The van der Waals surface area contributed by atoms with Crippen LogP contribution in [0, 0.1) is 11.8 Å². The van der Waals surface area contributed by atoms with Gasteiger partial charge in [-0.1, -0.05) is 20.3 Å². The molecule has 0 amide bonds. The summed E-state index contributed by atoms with van der Waals surface area (Å²) < 4.78 is 0. The lowest BCUT2D eigenvalue weighted by Crippen LogP contribution is -2.55. The Bertz CT molecular complexity index is 266. The van der Waals surface area contributed by atoms with Crippen molar-refractivity contribution in [3.63, 3.8) is 0 Å². The largest absolute Gasteiger partial charge is 0.329 e. The van der Waals surface area contributed by atoms with E-state index in [0.29, 0.717) is 11.6 Å². The second-order valence-electron chi connectivity index (χ2n) is 6.51. The van der Waals surface area contributed by atoms with Crippen molar-refractivity contribution < 1.29 is 0 Å². The van der Waals surface area contributed by atoms with E-state index in [2.05, 4.69) is 37.7 Å². The summed E-state index contributed by atoms with van der Waals surface area (Å²) in [6.45, 7) is 8.04. The van der Waals surface area contributed by atoms with E-state index in [1.54, 1.807) is 0 Å². The van der Waals surface area contributed by atoms with E-state index in [9.17, 15) is 0 Å². The van der Waals surface area contributed by atoms with Gasteiger partial charge in [0.2, 0.25) is 0 Å². The Kier molecular flexibility index (Phi) is 3.81. The smallest absolute Gasteiger partial charge is 0.0357 e. The molecular weight excluding hydrogens is 210 g/mol. The second-order valence-corrected chi connectivity index (χ2v) is 6.51. The average Bonchev–Trinajstić information content (AvgIpc) is 2.82. The topological polar surface area (TPSA) is 32.5 Å². The highest BCUT2D eigenvalue weighted by Gasteiger charge is 2.48. The monoisotopic (exact) mass is 239 g/mol. The molecule has 3 heteroatoms. The van der Waals surface area contributed by atoms with E-state index in [0.717, 1.165) is 18.4 Å². The van der Waals surface area contributed by atoms with Crippen molar-refractivity contribution in [3.05, 3.63) is 0 Å². The van der Waals surface area contributed by atoms with Crippen LogP contribution in [0.1, 0.15) is 33.1 Å². The lowest BCUT2D eigenvalue weighted by molar-refractivity contribution is 0.0810. The molecule has 17 heavy (non-hydrogen) atoms. The number of likely N-dealkylation sites (N-methyl/N-ethyl adjacent to an activating group) is 1. The van der Waals surface area contributed by atoms with Crippen molar-refractivity contribution in [3.8, 4) is 0 Å². The zero-order valence-corrected chi connectivity index (χ0v) is 11.9. The van der Waals surface area contributed by atoms with Crippen LogP contribution in [0.25, 0.3) is 0 Å². The molecule has 0 aromatic rings.